The Kier molecular flexibility index (Phi) is 5.22. The van der Waals surface area contributed by atoms with Gasteiger partial charge in [-0.05, 0) is 19.9 Å². The molecule has 0 saturated carbocycles. The Morgan fingerprint density at radius 3 is 2.75 bits per heavy atom. The molecule has 2 aliphatic rings. The molecule has 132 valence electrons. The van der Waals surface area contributed by atoms with Crippen molar-refractivity contribution in [3.05, 3.63) is 23.2 Å². The van der Waals surface area contributed by atoms with Crippen LogP contribution in [-0.4, -0.2) is 53.4 Å². The Morgan fingerprint density at radius 1 is 1.33 bits per heavy atom. The zero-order chi connectivity index (χ0) is 17.3. The van der Waals surface area contributed by atoms with E-state index in [1.54, 1.807) is 21.1 Å². The van der Waals surface area contributed by atoms with Crippen LogP contribution in [-0.2, 0) is 11.3 Å². The molecule has 2 unspecified atom stereocenters. The third kappa shape index (κ3) is 2.85. The normalized spacial score (nSPS) is 25.0. The third-order valence-electron chi connectivity index (χ3n) is 4.92. The van der Waals surface area contributed by atoms with Gasteiger partial charge in [-0.15, -0.1) is 6.58 Å². The van der Waals surface area contributed by atoms with E-state index in [4.69, 9.17) is 9.72 Å². The first-order valence-corrected chi connectivity index (χ1v) is 9.46. The number of thiazole rings is 1. The van der Waals surface area contributed by atoms with Gasteiger partial charge in [-0.25, -0.2) is 14.7 Å². The predicted octanol–water partition coefficient (Wildman–Crippen LogP) is 3.22. The maximum Gasteiger partial charge on any atom is 0.330 e. The molecule has 1 saturated heterocycles. The number of anilines is 1. The minimum atomic E-state index is -0.0180. The van der Waals surface area contributed by atoms with Crippen molar-refractivity contribution in [2.45, 2.75) is 45.7 Å². The lowest BCUT2D eigenvalue weighted by Gasteiger charge is -2.37. The highest BCUT2D eigenvalue weighted by molar-refractivity contribution is 7.16. The molecule has 3 rings (SSSR count). The summed E-state index contributed by atoms with van der Waals surface area (Å²) in [5.41, 5.74) is 1.13. The van der Waals surface area contributed by atoms with Gasteiger partial charge in [0.25, 0.3) is 0 Å². The molecule has 0 radical (unpaired) electrons. The van der Waals surface area contributed by atoms with Gasteiger partial charge in [0, 0.05) is 29.9 Å². The zero-order valence-electron chi connectivity index (χ0n) is 14.7. The van der Waals surface area contributed by atoms with Crippen LogP contribution in [0.3, 0.4) is 0 Å². The van der Waals surface area contributed by atoms with Crippen LogP contribution in [0.1, 0.15) is 43.7 Å². The molecule has 3 heterocycles. The number of ether oxygens (including phenoxy) is 1. The van der Waals surface area contributed by atoms with Crippen molar-refractivity contribution in [2.24, 2.45) is 0 Å². The van der Waals surface area contributed by atoms with Crippen molar-refractivity contribution >= 4 is 22.5 Å². The Hall–Kier alpha value is -1.44. The van der Waals surface area contributed by atoms with Gasteiger partial charge >= 0.3 is 6.03 Å². The molecule has 0 spiro atoms. The topological polar surface area (TPSA) is 48.9 Å². The van der Waals surface area contributed by atoms with E-state index in [-0.39, 0.29) is 12.8 Å². The number of carbonyl (C=O) groups is 1. The van der Waals surface area contributed by atoms with Gasteiger partial charge in [-0.3, -0.25) is 4.90 Å². The van der Waals surface area contributed by atoms with Gasteiger partial charge in [0.15, 0.2) is 5.13 Å². The minimum Gasteiger partial charge on any atom is -0.340 e. The lowest BCUT2D eigenvalue weighted by atomic mass is 9.88. The first-order valence-electron chi connectivity index (χ1n) is 8.64. The number of rotatable bonds is 5. The van der Waals surface area contributed by atoms with Gasteiger partial charge in [0.05, 0.1) is 5.69 Å². The van der Waals surface area contributed by atoms with Crippen LogP contribution in [0.4, 0.5) is 9.93 Å². The molecule has 1 aromatic heterocycles. The maximum atomic E-state index is 12.6. The van der Waals surface area contributed by atoms with Crippen LogP contribution < -0.4 is 4.90 Å². The van der Waals surface area contributed by atoms with E-state index in [1.807, 2.05) is 13.0 Å². The molecule has 2 aliphatic heterocycles. The molecule has 7 heteroatoms. The number of carbonyl (C=O) groups excluding carboxylic acids is 1. The molecule has 0 N–H and O–H groups in total. The van der Waals surface area contributed by atoms with E-state index < -0.39 is 0 Å². The standard InChI is InChI=1S/C17H26N4O2S/c1-5-12-13(6-2)19(7-3)9-14-15(12)18-16(24-14)21-11-23-10-20(8-4)17(21)22/h6,12-13H,2,5,7-11H2,1,3-4H3. The summed E-state index contributed by atoms with van der Waals surface area (Å²) in [6, 6.07) is 0.290. The van der Waals surface area contributed by atoms with Crippen molar-refractivity contribution in [3.63, 3.8) is 0 Å². The maximum absolute atomic E-state index is 12.6. The lowest BCUT2D eigenvalue weighted by molar-refractivity contribution is 0.0268. The molecule has 2 amide bonds. The highest BCUT2D eigenvalue weighted by atomic mass is 32.1. The summed E-state index contributed by atoms with van der Waals surface area (Å²) in [4.78, 5) is 24.5. The number of hydrogen-bond acceptors (Lipinski definition) is 5. The van der Waals surface area contributed by atoms with E-state index in [0.29, 0.717) is 25.2 Å². The number of nitrogens with zero attached hydrogens (tertiary/aromatic N) is 4. The molecule has 0 aromatic carbocycles. The SMILES string of the molecule is C=CC1C(CC)c2nc(N3COCN(CC)C3=O)sc2CN1CC. The number of fused-ring (bicyclic) bond motifs is 1. The van der Waals surface area contributed by atoms with E-state index in [1.165, 1.54) is 4.88 Å². The van der Waals surface area contributed by atoms with Gasteiger partial charge < -0.3 is 9.64 Å². The monoisotopic (exact) mass is 350 g/mol. The summed E-state index contributed by atoms with van der Waals surface area (Å²) in [6.07, 6.45) is 3.04. The number of hydrogen-bond donors (Lipinski definition) is 0. The third-order valence-corrected chi connectivity index (χ3v) is 6.00. The Morgan fingerprint density at radius 2 is 2.12 bits per heavy atom. The van der Waals surface area contributed by atoms with Gasteiger partial charge in [0.1, 0.15) is 13.5 Å². The minimum absolute atomic E-state index is 0.0180. The van der Waals surface area contributed by atoms with Crippen LogP contribution in [0, 0.1) is 0 Å². The van der Waals surface area contributed by atoms with E-state index in [9.17, 15) is 4.79 Å². The van der Waals surface area contributed by atoms with Gasteiger partial charge in [0.2, 0.25) is 0 Å². The average molecular weight is 350 g/mol. The molecule has 2 atom stereocenters. The molecule has 1 aromatic rings. The Labute approximate surface area is 147 Å². The van der Waals surface area contributed by atoms with Crippen LogP contribution in [0.2, 0.25) is 0 Å². The van der Waals surface area contributed by atoms with Crippen molar-refractivity contribution < 1.29 is 9.53 Å². The van der Waals surface area contributed by atoms with Crippen molar-refractivity contribution in [1.29, 1.82) is 0 Å². The quantitative estimate of drug-likeness (QED) is 0.765. The smallest absolute Gasteiger partial charge is 0.330 e. The summed E-state index contributed by atoms with van der Waals surface area (Å²) < 4.78 is 5.55. The average Bonchev–Trinajstić information content (AvgIpc) is 3.03. The molecule has 6 nitrogen and oxygen atoms in total. The van der Waals surface area contributed by atoms with E-state index in [0.717, 1.165) is 30.3 Å². The first-order chi connectivity index (χ1) is 11.6. The summed E-state index contributed by atoms with van der Waals surface area (Å²) in [7, 11) is 0. The number of aromatic nitrogens is 1. The second-order valence-electron chi connectivity index (χ2n) is 6.14. The molecule has 0 aliphatic carbocycles. The predicted molar refractivity (Wildman–Crippen MR) is 96.3 cm³/mol. The van der Waals surface area contributed by atoms with E-state index in [2.05, 4.69) is 25.3 Å². The first kappa shape index (κ1) is 17.4. The molecular formula is C17H26N4O2S. The fourth-order valence-electron chi connectivity index (χ4n) is 3.53. The molecule has 24 heavy (non-hydrogen) atoms. The van der Waals surface area contributed by atoms with Crippen LogP contribution in [0.25, 0.3) is 0 Å². The highest BCUT2D eigenvalue weighted by Gasteiger charge is 2.36. The second-order valence-corrected chi connectivity index (χ2v) is 7.20. The largest absolute Gasteiger partial charge is 0.340 e. The summed E-state index contributed by atoms with van der Waals surface area (Å²) in [6.45, 7) is 13.5. The zero-order valence-corrected chi connectivity index (χ0v) is 15.5. The van der Waals surface area contributed by atoms with Gasteiger partial charge in [-0.1, -0.05) is 31.3 Å². The lowest BCUT2D eigenvalue weighted by Crippen LogP contribution is -2.50. The van der Waals surface area contributed by atoms with Crippen molar-refractivity contribution in [3.8, 4) is 0 Å². The van der Waals surface area contributed by atoms with Crippen LogP contribution >= 0.6 is 11.3 Å². The number of amides is 2. The summed E-state index contributed by atoms with van der Waals surface area (Å²) >= 11 is 1.62. The molecular weight excluding hydrogens is 324 g/mol. The highest BCUT2D eigenvalue weighted by Crippen LogP contribution is 2.41. The number of urea groups is 1. The fourth-order valence-corrected chi connectivity index (χ4v) is 4.67. The van der Waals surface area contributed by atoms with Crippen LogP contribution in [0.15, 0.2) is 12.7 Å². The van der Waals surface area contributed by atoms with E-state index >= 15 is 0 Å². The fraction of sp³-hybridized carbons (Fsp3) is 0.647. The number of likely N-dealkylation sites (N-methyl/N-ethyl adjacent to an activating group) is 1. The van der Waals surface area contributed by atoms with Crippen molar-refractivity contribution in [1.82, 2.24) is 14.8 Å². The summed E-state index contributed by atoms with van der Waals surface area (Å²) in [5, 5.41) is 0.752. The van der Waals surface area contributed by atoms with Crippen molar-refractivity contribution in [2.75, 3.05) is 31.5 Å². The molecule has 0 bridgehead atoms. The summed E-state index contributed by atoms with van der Waals surface area (Å²) in [5.74, 6) is 0.333. The van der Waals surface area contributed by atoms with Crippen LogP contribution in [0.5, 0.6) is 0 Å². The Bertz CT molecular complexity index is 618. The van der Waals surface area contributed by atoms with Gasteiger partial charge in [-0.2, -0.15) is 0 Å². The Balaban J connectivity index is 1.93. The molecule has 1 fully saturated rings. The second kappa shape index (κ2) is 7.21.